The van der Waals surface area contributed by atoms with Gasteiger partial charge in [0.05, 0.1) is 12.0 Å². The Labute approximate surface area is 65.3 Å². The molecule has 0 bridgehead atoms. The van der Waals surface area contributed by atoms with Gasteiger partial charge < -0.3 is 9.92 Å². The minimum atomic E-state index is 0.121. The second kappa shape index (κ2) is 6.16. The third-order valence-electron chi connectivity index (χ3n) is 0.722. The smallest absolute Gasteiger partial charge is 0.267 e. The van der Waals surface area contributed by atoms with Gasteiger partial charge in [0.2, 0.25) is 0 Å². The van der Waals surface area contributed by atoms with Crippen LogP contribution in [-0.2, 0) is 4.18 Å². The van der Waals surface area contributed by atoms with Crippen LogP contribution in [0.2, 0.25) is 0 Å². The van der Waals surface area contributed by atoms with Crippen molar-refractivity contribution in [2.24, 2.45) is 5.73 Å². The minimum absolute atomic E-state index is 0.121. The second-order valence-corrected chi connectivity index (χ2v) is 2.79. The summed E-state index contributed by atoms with van der Waals surface area (Å²) < 4.78 is 4.77. The topological polar surface area (TPSA) is 35.2 Å². The molecule has 0 aromatic rings. The highest BCUT2D eigenvalue weighted by Crippen LogP contribution is 2.04. The van der Waals surface area contributed by atoms with E-state index >= 15 is 0 Å². The number of thiocarbonyl (C=S) groups is 1. The van der Waals surface area contributed by atoms with Gasteiger partial charge in [-0.3, -0.25) is 0 Å². The molecular weight excluding hydrogens is 154 g/mol. The predicted octanol–water partition coefficient (Wildman–Crippen LogP) is 1.69. The van der Waals surface area contributed by atoms with Crippen LogP contribution in [0.15, 0.2) is 0 Å². The lowest BCUT2D eigenvalue weighted by Crippen LogP contribution is -2.08. The fourth-order valence-corrected chi connectivity index (χ4v) is 1.05. The van der Waals surface area contributed by atoms with E-state index in [1.165, 1.54) is 18.5 Å². The first-order chi connectivity index (χ1) is 4.27. The molecule has 0 amide bonds. The predicted molar refractivity (Wildman–Crippen MR) is 45.2 cm³/mol. The van der Waals surface area contributed by atoms with Gasteiger partial charge in [0.1, 0.15) is 0 Å². The molecule has 0 atom stereocenters. The van der Waals surface area contributed by atoms with Crippen LogP contribution in [0.25, 0.3) is 0 Å². The van der Waals surface area contributed by atoms with E-state index in [0.29, 0.717) is 0 Å². The molecule has 54 valence electrons. The maximum absolute atomic E-state index is 5.06. The number of rotatable bonds is 4. The minimum Gasteiger partial charge on any atom is -0.398 e. The SMILES string of the molecule is CCCCSOC(N)=S. The molecule has 0 aromatic carbocycles. The Morgan fingerprint density at radius 2 is 2.44 bits per heavy atom. The molecule has 0 saturated heterocycles. The van der Waals surface area contributed by atoms with Gasteiger partial charge in [-0.15, -0.1) is 0 Å². The van der Waals surface area contributed by atoms with E-state index in [2.05, 4.69) is 19.1 Å². The first-order valence-corrected chi connectivity index (χ1v) is 4.18. The quantitative estimate of drug-likeness (QED) is 0.390. The van der Waals surface area contributed by atoms with E-state index in [1.54, 1.807) is 0 Å². The van der Waals surface area contributed by atoms with Crippen molar-refractivity contribution in [3.8, 4) is 0 Å². The second-order valence-electron chi connectivity index (χ2n) is 1.58. The maximum atomic E-state index is 5.06. The molecule has 0 aliphatic heterocycles. The molecule has 0 heterocycles. The van der Waals surface area contributed by atoms with E-state index in [-0.39, 0.29) is 5.17 Å². The largest absolute Gasteiger partial charge is 0.398 e. The van der Waals surface area contributed by atoms with Gasteiger partial charge in [-0.25, -0.2) is 0 Å². The molecule has 9 heavy (non-hydrogen) atoms. The van der Waals surface area contributed by atoms with E-state index in [9.17, 15) is 0 Å². The molecule has 2 nitrogen and oxygen atoms in total. The first kappa shape index (κ1) is 9.04. The lowest BCUT2D eigenvalue weighted by Gasteiger charge is -1.97. The summed E-state index contributed by atoms with van der Waals surface area (Å²) in [4.78, 5) is 0. The van der Waals surface area contributed by atoms with Crippen molar-refractivity contribution < 1.29 is 4.18 Å². The lowest BCUT2D eigenvalue weighted by atomic mass is 10.4. The molecule has 0 unspecified atom stereocenters. The van der Waals surface area contributed by atoms with Crippen LogP contribution >= 0.6 is 24.3 Å². The van der Waals surface area contributed by atoms with E-state index in [4.69, 9.17) is 9.92 Å². The van der Waals surface area contributed by atoms with E-state index < -0.39 is 0 Å². The molecule has 0 radical (unpaired) electrons. The van der Waals surface area contributed by atoms with Crippen molar-refractivity contribution in [1.29, 1.82) is 0 Å². The monoisotopic (exact) mass is 165 g/mol. The van der Waals surface area contributed by atoms with Crippen LogP contribution in [-0.4, -0.2) is 10.9 Å². The lowest BCUT2D eigenvalue weighted by molar-refractivity contribution is 0.649. The molecule has 0 spiro atoms. The van der Waals surface area contributed by atoms with Crippen LogP contribution in [0.4, 0.5) is 0 Å². The summed E-state index contributed by atoms with van der Waals surface area (Å²) in [6.07, 6.45) is 2.32. The number of unbranched alkanes of at least 4 members (excludes halogenated alkanes) is 1. The van der Waals surface area contributed by atoms with Crippen molar-refractivity contribution in [1.82, 2.24) is 0 Å². The normalized spacial score (nSPS) is 9.00. The number of hydrogen-bond acceptors (Lipinski definition) is 3. The summed E-state index contributed by atoms with van der Waals surface area (Å²) in [6.45, 7) is 2.13. The Morgan fingerprint density at radius 1 is 1.78 bits per heavy atom. The molecule has 0 rings (SSSR count). The summed E-state index contributed by atoms with van der Waals surface area (Å²) in [5, 5.41) is 0.121. The summed E-state index contributed by atoms with van der Waals surface area (Å²) in [6, 6.07) is 0. The average molecular weight is 165 g/mol. The van der Waals surface area contributed by atoms with Gasteiger partial charge in [0, 0.05) is 5.75 Å². The van der Waals surface area contributed by atoms with E-state index in [0.717, 1.165) is 12.2 Å². The van der Waals surface area contributed by atoms with Crippen LogP contribution in [0, 0.1) is 0 Å². The van der Waals surface area contributed by atoms with Gasteiger partial charge >= 0.3 is 0 Å². The highest BCUT2D eigenvalue weighted by atomic mass is 32.2. The van der Waals surface area contributed by atoms with Gasteiger partial charge in [-0.1, -0.05) is 13.3 Å². The summed E-state index contributed by atoms with van der Waals surface area (Å²) in [5.74, 6) is 0.966. The molecule has 0 aliphatic carbocycles. The third-order valence-corrected chi connectivity index (χ3v) is 1.66. The summed E-state index contributed by atoms with van der Waals surface area (Å²) in [5.41, 5.74) is 5.06. The number of hydrogen-bond donors (Lipinski definition) is 1. The third kappa shape index (κ3) is 8.04. The Morgan fingerprint density at radius 3 is 2.89 bits per heavy atom. The van der Waals surface area contributed by atoms with Gasteiger partial charge in [0.15, 0.2) is 0 Å². The molecule has 4 heteroatoms. The Hall–Kier alpha value is 0.0400. The van der Waals surface area contributed by atoms with Crippen molar-refractivity contribution in [2.45, 2.75) is 19.8 Å². The molecule has 2 N–H and O–H groups in total. The van der Waals surface area contributed by atoms with Crippen molar-refractivity contribution in [3.05, 3.63) is 0 Å². The molecule has 0 saturated carbocycles. The molecule has 0 aliphatic rings. The molecule has 0 aromatic heterocycles. The zero-order valence-corrected chi connectivity index (χ0v) is 7.06. The first-order valence-electron chi connectivity index (χ1n) is 2.86. The van der Waals surface area contributed by atoms with E-state index in [1.807, 2.05) is 0 Å². The Balaban J connectivity index is 2.83. The Kier molecular flexibility index (Phi) is 6.19. The molecule has 0 fully saturated rings. The van der Waals surface area contributed by atoms with Crippen molar-refractivity contribution >= 4 is 29.4 Å². The van der Waals surface area contributed by atoms with Crippen LogP contribution in [0.5, 0.6) is 0 Å². The molecular formula is C5H11NOS2. The highest BCUT2D eigenvalue weighted by Gasteiger charge is 1.89. The number of nitrogens with two attached hydrogens (primary N) is 1. The van der Waals surface area contributed by atoms with Crippen molar-refractivity contribution in [3.63, 3.8) is 0 Å². The van der Waals surface area contributed by atoms with Crippen LogP contribution in [0.3, 0.4) is 0 Å². The highest BCUT2D eigenvalue weighted by molar-refractivity contribution is 7.95. The van der Waals surface area contributed by atoms with Crippen molar-refractivity contribution in [2.75, 3.05) is 5.75 Å². The standard InChI is InChI=1S/C5H11NOS2/c1-2-3-4-9-7-5(6)8/h2-4H2,1H3,(H2,6,8). The fourth-order valence-electron chi connectivity index (χ4n) is 0.303. The van der Waals surface area contributed by atoms with Crippen LogP contribution < -0.4 is 5.73 Å². The summed E-state index contributed by atoms with van der Waals surface area (Å²) in [7, 11) is 0. The zero-order chi connectivity index (χ0) is 7.11. The fraction of sp³-hybridized carbons (Fsp3) is 0.800. The maximum Gasteiger partial charge on any atom is 0.267 e. The van der Waals surface area contributed by atoms with Gasteiger partial charge in [-0.05, 0) is 18.6 Å². The van der Waals surface area contributed by atoms with Gasteiger partial charge in [-0.2, -0.15) is 0 Å². The van der Waals surface area contributed by atoms with Gasteiger partial charge in [0.25, 0.3) is 5.17 Å². The van der Waals surface area contributed by atoms with Crippen LogP contribution in [0.1, 0.15) is 19.8 Å². The average Bonchev–Trinajstić information content (AvgIpc) is 1.80. The summed E-state index contributed by atoms with van der Waals surface area (Å²) >= 11 is 5.80. The Bertz CT molecular complexity index is 87.0. The zero-order valence-electron chi connectivity index (χ0n) is 5.42.